The molecule has 1 rings (SSSR count). The van der Waals surface area contributed by atoms with E-state index in [1.165, 1.54) is 32.2 Å². The Morgan fingerprint density at radius 1 is 1.50 bits per heavy atom. The van der Waals surface area contributed by atoms with Crippen LogP contribution in [0.3, 0.4) is 0 Å². The summed E-state index contributed by atoms with van der Waals surface area (Å²) in [6, 6.07) is 0.793. The van der Waals surface area contributed by atoms with Crippen LogP contribution in [0, 0.1) is 0 Å². The molecule has 1 aliphatic rings. The summed E-state index contributed by atoms with van der Waals surface area (Å²) in [4.78, 5) is 0. The number of nitrogens with one attached hydrogen (secondary N) is 2. The van der Waals surface area contributed by atoms with Gasteiger partial charge in [0.25, 0.3) is 0 Å². The highest BCUT2D eigenvalue weighted by atomic mass is 14.9. The van der Waals surface area contributed by atoms with E-state index in [9.17, 15) is 0 Å². The first-order valence-corrected chi connectivity index (χ1v) is 4.31. The minimum Gasteiger partial charge on any atom is -0.320 e. The maximum absolute atomic E-state index is 3.51. The Bertz CT molecular complexity index is 77.3. The third-order valence-electron chi connectivity index (χ3n) is 2.16. The fraction of sp³-hybridized carbons (Fsp3) is 1.00. The molecule has 0 aliphatic carbocycles. The van der Waals surface area contributed by atoms with Gasteiger partial charge in [-0.3, -0.25) is 0 Å². The van der Waals surface area contributed by atoms with Crippen molar-refractivity contribution in [1.82, 2.24) is 10.6 Å². The van der Waals surface area contributed by atoms with Crippen LogP contribution in [0.4, 0.5) is 0 Å². The summed E-state index contributed by atoms with van der Waals surface area (Å²) < 4.78 is 0. The van der Waals surface area contributed by atoms with Gasteiger partial charge in [0.1, 0.15) is 0 Å². The van der Waals surface area contributed by atoms with Crippen molar-refractivity contribution in [2.24, 2.45) is 0 Å². The zero-order valence-electron chi connectivity index (χ0n) is 6.82. The van der Waals surface area contributed by atoms with Crippen LogP contribution in [0.5, 0.6) is 0 Å². The van der Waals surface area contributed by atoms with Crippen LogP contribution in [-0.4, -0.2) is 26.2 Å². The van der Waals surface area contributed by atoms with Gasteiger partial charge in [-0.05, 0) is 39.4 Å². The maximum atomic E-state index is 3.51. The lowest BCUT2D eigenvalue weighted by Crippen LogP contribution is -2.35. The Balaban J connectivity index is 2.02. The fourth-order valence-electron chi connectivity index (χ4n) is 1.49. The maximum Gasteiger partial charge on any atom is 0.00791 e. The highest BCUT2D eigenvalue weighted by Crippen LogP contribution is 2.08. The van der Waals surface area contributed by atoms with Crippen LogP contribution in [-0.2, 0) is 0 Å². The van der Waals surface area contributed by atoms with E-state index in [-0.39, 0.29) is 0 Å². The summed E-state index contributed by atoms with van der Waals surface area (Å²) in [5.74, 6) is 0. The lowest BCUT2D eigenvalue weighted by Gasteiger charge is -2.22. The van der Waals surface area contributed by atoms with Gasteiger partial charge in [0, 0.05) is 6.04 Å². The van der Waals surface area contributed by atoms with E-state index < -0.39 is 0 Å². The lowest BCUT2D eigenvalue weighted by atomic mass is 10.0. The predicted molar refractivity (Wildman–Crippen MR) is 44.2 cm³/mol. The number of piperidine rings is 1. The molecule has 2 heteroatoms. The monoisotopic (exact) mass is 142 g/mol. The molecule has 1 atom stereocenters. The molecule has 1 fully saturated rings. The van der Waals surface area contributed by atoms with E-state index in [1.54, 1.807) is 0 Å². The molecule has 2 nitrogen and oxygen atoms in total. The molecule has 1 heterocycles. The normalized spacial score (nSPS) is 26.7. The molecule has 0 amide bonds. The van der Waals surface area contributed by atoms with Crippen molar-refractivity contribution in [2.75, 3.05) is 20.1 Å². The van der Waals surface area contributed by atoms with Crippen molar-refractivity contribution in [3.8, 4) is 0 Å². The smallest absolute Gasteiger partial charge is 0.00791 e. The molecule has 0 radical (unpaired) electrons. The van der Waals surface area contributed by atoms with Crippen molar-refractivity contribution in [3.05, 3.63) is 0 Å². The van der Waals surface area contributed by atoms with Crippen LogP contribution in [0.15, 0.2) is 0 Å². The SMILES string of the molecule is CNCCC1CCCCN1. The van der Waals surface area contributed by atoms with Gasteiger partial charge in [-0.2, -0.15) is 0 Å². The molecule has 60 valence electrons. The topological polar surface area (TPSA) is 24.1 Å². The summed E-state index contributed by atoms with van der Waals surface area (Å²) in [5.41, 5.74) is 0. The van der Waals surface area contributed by atoms with Crippen LogP contribution < -0.4 is 10.6 Å². The van der Waals surface area contributed by atoms with Gasteiger partial charge in [0.2, 0.25) is 0 Å². The molecule has 2 N–H and O–H groups in total. The van der Waals surface area contributed by atoms with E-state index in [2.05, 4.69) is 10.6 Å². The Morgan fingerprint density at radius 2 is 2.40 bits per heavy atom. The first kappa shape index (κ1) is 8.02. The van der Waals surface area contributed by atoms with Crippen molar-refractivity contribution < 1.29 is 0 Å². The van der Waals surface area contributed by atoms with E-state index in [0.717, 1.165) is 12.6 Å². The molecular formula is C8H18N2. The Kier molecular flexibility index (Phi) is 3.76. The van der Waals surface area contributed by atoms with Gasteiger partial charge >= 0.3 is 0 Å². The van der Waals surface area contributed by atoms with Crippen molar-refractivity contribution in [3.63, 3.8) is 0 Å². The second kappa shape index (κ2) is 4.69. The minimum absolute atomic E-state index is 0.793. The Labute approximate surface area is 63.4 Å². The molecule has 1 saturated heterocycles. The lowest BCUT2D eigenvalue weighted by molar-refractivity contribution is 0.380. The summed E-state index contributed by atoms with van der Waals surface area (Å²) in [6.45, 7) is 2.38. The van der Waals surface area contributed by atoms with Gasteiger partial charge < -0.3 is 10.6 Å². The largest absolute Gasteiger partial charge is 0.320 e. The third-order valence-corrected chi connectivity index (χ3v) is 2.16. The van der Waals surface area contributed by atoms with Crippen LogP contribution in [0.25, 0.3) is 0 Å². The second-order valence-corrected chi connectivity index (χ2v) is 3.04. The molecule has 0 bridgehead atoms. The molecule has 1 aliphatic heterocycles. The number of rotatable bonds is 3. The van der Waals surface area contributed by atoms with Gasteiger partial charge in [0.15, 0.2) is 0 Å². The zero-order chi connectivity index (χ0) is 7.23. The average Bonchev–Trinajstić information content (AvgIpc) is 2.03. The highest BCUT2D eigenvalue weighted by Gasteiger charge is 2.10. The molecule has 0 aromatic heterocycles. The summed E-state index contributed by atoms with van der Waals surface area (Å²) in [7, 11) is 2.02. The van der Waals surface area contributed by atoms with E-state index in [0.29, 0.717) is 0 Å². The first-order chi connectivity index (χ1) is 4.93. The van der Waals surface area contributed by atoms with Gasteiger partial charge in [-0.15, -0.1) is 0 Å². The standard InChI is InChI=1S/C8H18N2/c1-9-7-5-8-4-2-3-6-10-8/h8-10H,2-7H2,1H3. The molecular weight excluding hydrogens is 124 g/mol. The summed E-state index contributed by atoms with van der Waals surface area (Å²) in [6.07, 6.45) is 5.45. The van der Waals surface area contributed by atoms with E-state index >= 15 is 0 Å². The minimum atomic E-state index is 0.793. The van der Waals surface area contributed by atoms with Crippen LogP contribution >= 0.6 is 0 Å². The van der Waals surface area contributed by atoms with Gasteiger partial charge in [0.05, 0.1) is 0 Å². The molecule has 10 heavy (non-hydrogen) atoms. The predicted octanol–water partition coefficient (Wildman–Crippen LogP) is 0.738. The van der Waals surface area contributed by atoms with Crippen LogP contribution in [0.1, 0.15) is 25.7 Å². The Hall–Kier alpha value is -0.0800. The number of hydrogen-bond donors (Lipinski definition) is 2. The van der Waals surface area contributed by atoms with Gasteiger partial charge in [-0.1, -0.05) is 6.42 Å². The van der Waals surface area contributed by atoms with Crippen molar-refractivity contribution >= 4 is 0 Å². The second-order valence-electron chi connectivity index (χ2n) is 3.04. The van der Waals surface area contributed by atoms with Crippen LogP contribution in [0.2, 0.25) is 0 Å². The van der Waals surface area contributed by atoms with E-state index in [4.69, 9.17) is 0 Å². The highest BCUT2D eigenvalue weighted by molar-refractivity contribution is 4.72. The quantitative estimate of drug-likeness (QED) is 0.607. The summed E-state index contributed by atoms with van der Waals surface area (Å²) >= 11 is 0. The molecule has 0 spiro atoms. The first-order valence-electron chi connectivity index (χ1n) is 4.31. The molecule has 0 aromatic carbocycles. The van der Waals surface area contributed by atoms with Crippen molar-refractivity contribution in [2.45, 2.75) is 31.7 Å². The third kappa shape index (κ3) is 2.67. The molecule has 0 aromatic rings. The number of hydrogen-bond acceptors (Lipinski definition) is 2. The van der Waals surface area contributed by atoms with E-state index in [1.807, 2.05) is 7.05 Å². The summed E-state index contributed by atoms with van der Waals surface area (Å²) in [5, 5.41) is 6.69. The molecule has 1 unspecified atom stereocenters. The van der Waals surface area contributed by atoms with Gasteiger partial charge in [-0.25, -0.2) is 0 Å². The molecule has 0 saturated carbocycles. The fourth-order valence-corrected chi connectivity index (χ4v) is 1.49. The Morgan fingerprint density at radius 3 is 3.00 bits per heavy atom. The van der Waals surface area contributed by atoms with Crippen molar-refractivity contribution in [1.29, 1.82) is 0 Å². The average molecular weight is 142 g/mol. The zero-order valence-corrected chi connectivity index (χ0v) is 6.82.